The van der Waals surface area contributed by atoms with Gasteiger partial charge < -0.3 is 4.90 Å². The Morgan fingerprint density at radius 1 is 1.16 bits per heavy atom. The first-order valence-corrected chi connectivity index (χ1v) is 8.14. The van der Waals surface area contributed by atoms with Gasteiger partial charge in [-0.05, 0) is 25.8 Å². The molecule has 1 saturated heterocycles. The molecule has 1 aliphatic heterocycles. The van der Waals surface area contributed by atoms with Crippen molar-refractivity contribution < 1.29 is 23.6 Å². The van der Waals surface area contributed by atoms with Gasteiger partial charge in [0, 0.05) is 24.7 Å². The molecule has 0 N–H and O–H groups in total. The molecule has 25 heavy (non-hydrogen) atoms. The maximum Gasteiger partial charge on any atom is 0.334 e. The van der Waals surface area contributed by atoms with Crippen LogP contribution < -0.4 is 0 Å². The zero-order valence-corrected chi connectivity index (χ0v) is 13.8. The Labute approximate surface area is 144 Å². The standard InChI is InChI=1S/C17H18FN3O4/c1-2-19-15(23)16(24)21(17(19)25)10-14(22)20(12-7-8-12)9-11-5-3-4-6-13(11)18/h3-6,12H,2,7-10H2,1H3. The highest BCUT2D eigenvalue weighted by atomic mass is 19.1. The fourth-order valence-electron chi connectivity index (χ4n) is 2.81. The molecule has 1 aliphatic carbocycles. The first-order chi connectivity index (χ1) is 11.9. The Kier molecular flexibility index (Phi) is 4.52. The minimum absolute atomic E-state index is 0.0297. The Bertz CT molecular complexity index is 747. The van der Waals surface area contributed by atoms with Crippen molar-refractivity contribution in [3.63, 3.8) is 0 Å². The second-order valence-corrected chi connectivity index (χ2v) is 6.07. The van der Waals surface area contributed by atoms with Crippen LogP contribution in [0.15, 0.2) is 24.3 Å². The van der Waals surface area contributed by atoms with E-state index in [-0.39, 0.29) is 19.1 Å². The van der Waals surface area contributed by atoms with Crippen LogP contribution in [0.3, 0.4) is 0 Å². The summed E-state index contributed by atoms with van der Waals surface area (Å²) < 4.78 is 13.9. The Hall–Kier alpha value is -2.77. The molecule has 0 bridgehead atoms. The van der Waals surface area contributed by atoms with Crippen molar-refractivity contribution >= 4 is 23.8 Å². The molecule has 1 aromatic rings. The van der Waals surface area contributed by atoms with E-state index in [2.05, 4.69) is 0 Å². The van der Waals surface area contributed by atoms with Crippen LogP contribution >= 0.6 is 0 Å². The molecular weight excluding hydrogens is 329 g/mol. The first-order valence-electron chi connectivity index (χ1n) is 8.14. The van der Waals surface area contributed by atoms with E-state index in [0.29, 0.717) is 10.5 Å². The second-order valence-electron chi connectivity index (χ2n) is 6.07. The quantitative estimate of drug-likeness (QED) is 0.571. The van der Waals surface area contributed by atoms with Gasteiger partial charge in [-0.1, -0.05) is 18.2 Å². The van der Waals surface area contributed by atoms with Crippen molar-refractivity contribution in [2.45, 2.75) is 32.4 Å². The van der Waals surface area contributed by atoms with Gasteiger partial charge in [-0.3, -0.25) is 19.3 Å². The van der Waals surface area contributed by atoms with Gasteiger partial charge in [-0.25, -0.2) is 14.1 Å². The summed E-state index contributed by atoms with van der Waals surface area (Å²) in [6.07, 6.45) is 1.59. The summed E-state index contributed by atoms with van der Waals surface area (Å²) in [6, 6.07) is 5.33. The molecule has 132 valence electrons. The van der Waals surface area contributed by atoms with Crippen LogP contribution in [0.1, 0.15) is 25.3 Å². The minimum Gasteiger partial charge on any atom is -0.334 e. The number of hydrogen-bond donors (Lipinski definition) is 0. The molecular formula is C17H18FN3O4. The van der Waals surface area contributed by atoms with Crippen molar-refractivity contribution in [3.8, 4) is 0 Å². The summed E-state index contributed by atoms with van der Waals surface area (Å²) in [4.78, 5) is 51.3. The third-order valence-electron chi connectivity index (χ3n) is 4.35. The number of carbonyl (C=O) groups excluding carboxylic acids is 4. The summed E-state index contributed by atoms with van der Waals surface area (Å²) in [7, 11) is 0. The highest BCUT2D eigenvalue weighted by Crippen LogP contribution is 2.29. The van der Waals surface area contributed by atoms with E-state index in [1.807, 2.05) is 0 Å². The van der Waals surface area contributed by atoms with Crippen LogP contribution in [0, 0.1) is 5.82 Å². The van der Waals surface area contributed by atoms with E-state index >= 15 is 0 Å². The molecule has 1 saturated carbocycles. The molecule has 0 atom stereocenters. The van der Waals surface area contributed by atoms with Crippen molar-refractivity contribution in [1.82, 2.24) is 14.7 Å². The number of amides is 5. The molecule has 3 rings (SSSR count). The summed E-state index contributed by atoms with van der Waals surface area (Å²) in [5, 5.41) is 0. The topological polar surface area (TPSA) is 78.0 Å². The molecule has 1 heterocycles. The van der Waals surface area contributed by atoms with Gasteiger partial charge in [0.05, 0.1) is 0 Å². The van der Waals surface area contributed by atoms with Crippen LogP contribution in [0.25, 0.3) is 0 Å². The summed E-state index contributed by atoms with van der Waals surface area (Å²) >= 11 is 0. The van der Waals surface area contributed by atoms with E-state index in [0.717, 1.165) is 17.7 Å². The van der Waals surface area contributed by atoms with Gasteiger partial charge in [-0.15, -0.1) is 0 Å². The van der Waals surface area contributed by atoms with E-state index < -0.39 is 36.1 Å². The number of likely N-dealkylation sites (N-methyl/N-ethyl adjacent to an activating group) is 1. The van der Waals surface area contributed by atoms with Crippen LogP contribution in [-0.4, -0.2) is 57.6 Å². The highest BCUT2D eigenvalue weighted by molar-refractivity contribution is 6.45. The number of imide groups is 2. The van der Waals surface area contributed by atoms with Gasteiger partial charge >= 0.3 is 17.8 Å². The third-order valence-corrected chi connectivity index (χ3v) is 4.35. The van der Waals surface area contributed by atoms with Crippen molar-refractivity contribution in [2.75, 3.05) is 13.1 Å². The highest BCUT2D eigenvalue weighted by Gasteiger charge is 2.45. The second kappa shape index (κ2) is 6.62. The van der Waals surface area contributed by atoms with Crippen molar-refractivity contribution in [1.29, 1.82) is 0 Å². The monoisotopic (exact) mass is 347 g/mol. The molecule has 2 aliphatic rings. The van der Waals surface area contributed by atoms with E-state index in [1.54, 1.807) is 25.1 Å². The SMILES string of the molecule is CCN1C(=O)C(=O)N(CC(=O)N(Cc2ccccc2F)C2CC2)C1=O. The molecule has 0 aromatic heterocycles. The van der Waals surface area contributed by atoms with E-state index in [1.165, 1.54) is 11.0 Å². The average Bonchev–Trinajstić information content (AvgIpc) is 3.40. The Morgan fingerprint density at radius 2 is 1.80 bits per heavy atom. The number of urea groups is 1. The number of halogens is 1. The number of hydrogen-bond acceptors (Lipinski definition) is 4. The molecule has 7 nitrogen and oxygen atoms in total. The lowest BCUT2D eigenvalue weighted by molar-refractivity contribution is -0.145. The van der Waals surface area contributed by atoms with Crippen LogP contribution in [0.2, 0.25) is 0 Å². The molecule has 0 unspecified atom stereocenters. The van der Waals surface area contributed by atoms with Crippen molar-refractivity contribution in [3.05, 3.63) is 35.6 Å². The molecule has 5 amide bonds. The predicted molar refractivity (Wildman–Crippen MR) is 84.5 cm³/mol. The predicted octanol–water partition coefficient (Wildman–Crippen LogP) is 1.13. The molecule has 8 heteroatoms. The fourth-order valence-corrected chi connectivity index (χ4v) is 2.81. The zero-order valence-electron chi connectivity index (χ0n) is 13.8. The zero-order chi connectivity index (χ0) is 18.1. The summed E-state index contributed by atoms with van der Waals surface area (Å²) in [5.74, 6) is -2.81. The lowest BCUT2D eigenvalue weighted by Gasteiger charge is -2.24. The van der Waals surface area contributed by atoms with E-state index in [9.17, 15) is 23.6 Å². The van der Waals surface area contributed by atoms with E-state index in [4.69, 9.17) is 0 Å². The van der Waals surface area contributed by atoms with Crippen LogP contribution in [-0.2, 0) is 20.9 Å². The maximum atomic E-state index is 13.9. The molecule has 0 spiro atoms. The largest absolute Gasteiger partial charge is 0.334 e. The van der Waals surface area contributed by atoms with Gasteiger partial charge in [-0.2, -0.15) is 0 Å². The summed E-state index contributed by atoms with van der Waals surface area (Å²) in [5.41, 5.74) is 0.369. The fraction of sp³-hybridized carbons (Fsp3) is 0.412. The Morgan fingerprint density at radius 3 is 2.36 bits per heavy atom. The smallest absolute Gasteiger partial charge is 0.334 e. The molecule has 1 aromatic carbocycles. The van der Waals surface area contributed by atoms with Crippen molar-refractivity contribution in [2.24, 2.45) is 0 Å². The van der Waals surface area contributed by atoms with Gasteiger partial charge in [0.1, 0.15) is 12.4 Å². The first kappa shape index (κ1) is 17.1. The summed E-state index contributed by atoms with van der Waals surface area (Å²) in [6.45, 7) is 1.20. The van der Waals surface area contributed by atoms with Gasteiger partial charge in [0.25, 0.3) is 0 Å². The van der Waals surface area contributed by atoms with Gasteiger partial charge in [0.15, 0.2) is 0 Å². The Balaban J connectivity index is 1.74. The minimum atomic E-state index is -0.998. The lowest BCUT2D eigenvalue weighted by atomic mass is 10.2. The number of benzene rings is 1. The number of nitrogens with zero attached hydrogens (tertiary/aromatic N) is 3. The third kappa shape index (κ3) is 3.24. The number of rotatable bonds is 6. The maximum absolute atomic E-state index is 13.9. The van der Waals surface area contributed by atoms with Crippen LogP contribution in [0.4, 0.5) is 9.18 Å². The molecule has 0 radical (unpaired) electrons. The normalized spacial score (nSPS) is 17.4. The number of carbonyl (C=O) groups is 4. The van der Waals surface area contributed by atoms with Crippen LogP contribution in [0.5, 0.6) is 0 Å². The lowest BCUT2D eigenvalue weighted by Crippen LogP contribution is -2.44. The average molecular weight is 347 g/mol. The molecule has 2 fully saturated rings. The van der Waals surface area contributed by atoms with Gasteiger partial charge in [0.2, 0.25) is 5.91 Å².